The van der Waals surface area contributed by atoms with Gasteiger partial charge in [-0.15, -0.1) is 0 Å². The molecule has 0 aliphatic carbocycles. The molecule has 0 aromatic heterocycles. The van der Waals surface area contributed by atoms with Crippen LogP contribution in [0.2, 0.25) is 0 Å². The highest BCUT2D eigenvalue weighted by molar-refractivity contribution is 6.58. The van der Waals surface area contributed by atoms with E-state index in [9.17, 15) is 13.6 Å². The molecule has 108 valence electrons. The summed E-state index contributed by atoms with van der Waals surface area (Å²) in [6.07, 6.45) is 0. The highest BCUT2D eigenvalue weighted by atomic mass is 35.5. The monoisotopic (exact) mass is 327 g/mol. The lowest BCUT2D eigenvalue weighted by Crippen LogP contribution is -2.22. The van der Waals surface area contributed by atoms with Crippen LogP contribution in [-0.4, -0.2) is 5.91 Å². The Morgan fingerprint density at radius 3 is 1.67 bits per heavy atom. The Balaban J connectivity index is 2.25. The third kappa shape index (κ3) is 4.03. The van der Waals surface area contributed by atoms with E-state index < -0.39 is 17.5 Å². The summed E-state index contributed by atoms with van der Waals surface area (Å²) in [6.45, 7) is 0. The van der Waals surface area contributed by atoms with E-state index in [2.05, 4.69) is 5.32 Å². The Morgan fingerprint density at radius 2 is 1.24 bits per heavy atom. The summed E-state index contributed by atoms with van der Waals surface area (Å²) in [5, 5.41) is 2.52. The van der Waals surface area contributed by atoms with Crippen LogP contribution in [0.25, 0.3) is 5.70 Å². The maximum Gasteiger partial charge on any atom is 0.255 e. The van der Waals surface area contributed by atoms with Crippen LogP contribution in [0.3, 0.4) is 0 Å². The van der Waals surface area contributed by atoms with Crippen molar-refractivity contribution < 1.29 is 13.6 Å². The van der Waals surface area contributed by atoms with E-state index in [0.29, 0.717) is 5.56 Å². The fourth-order valence-electron chi connectivity index (χ4n) is 1.63. The van der Waals surface area contributed by atoms with Gasteiger partial charge in [0.05, 0.1) is 5.70 Å². The topological polar surface area (TPSA) is 29.1 Å². The Bertz CT molecular complexity index is 678. The lowest BCUT2D eigenvalue weighted by atomic mass is 10.1. The maximum absolute atomic E-state index is 12.9. The molecular weight excluding hydrogens is 319 g/mol. The second-order valence-electron chi connectivity index (χ2n) is 4.10. The van der Waals surface area contributed by atoms with E-state index in [1.807, 2.05) is 0 Å². The van der Waals surface area contributed by atoms with Crippen LogP contribution in [0.15, 0.2) is 53.0 Å². The van der Waals surface area contributed by atoms with Crippen molar-refractivity contribution in [3.05, 3.63) is 75.8 Å². The fourth-order valence-corrected chi connectivity index (χ4v) is 1.94. The van der Waals surface area contributed by atoms with Crippen molar-refractivity contribution >= 4 is 34.8 Å². The van der Waals surface area contributed by atoms with E-state index in [0.717, 1.165) is 0 Å². The van der Waals surface area contributed by atoms with Crippen LogP contribution >= 0.6 is 23.2 Å². The minimum absolute atomic E-state index is 0.146. The first-order valence-electron chi connectivity index (χ1n) is 5.85. The molecule has 2 nitrogen and oxygen atoms in total. The SMILES string of the molecule is O=C(NC(=C(Cl)Cl)c1ccc(F)cc1)c1ccc(F)cc1. The average molecular weight is 328 g/mol. The first-order chi connectivity index (χ1) is 9.97. The molecule has 1 N–H and O–H groups in total. The van der Waals surface area contributed by atoms with Crippen molar-refractivity contribution in [3.63, 3.8) is 0 Å². The molecule has 1 amide bonds. The highest BCUT2D eigenvalue weighted by Crippen LogP contribution is 2.22. The van der Waals surface area contributed by atoms with Gasteiger partial charge in [0.15, 0.2) is 0 Å². The number of halogens is 4. The average Bonchev–Trinajstić information content (AvgIpc) is 2.46. The molecule has 0 unspecified atom stereocenters. The van der Waals surface area contributed by atoms with Crippen molar-refractivity contribution in [1.82, 2.24) is 5.32 Å². The molecule has 0 fully saturated rings. The zero-order chi connectivity index (χ0) is 15.4. The number of amides is 1. The molecule has 0 saturated heterocycles. The van der Waals surface area contributed by atoms with Gasteiger partial charge in [-0.1, -0.05) is 23.2 Å². The summed E-state index contributed by atoms with van der Waals surface area (Å²) >= 11 is 11.5. The number of hydrogen-bond acceptors (Lipinski definition) is 1. The molecule has 0 radical (unpaired) electrons. The normalized spacial score (nSPS) is 10.1. The van der Waals surface area contributed by atoms with E-state index in [1.54, 1.807) is 0 Å². The van der Waals surface area contributed by atoms with Gasteiger partial charge in [0.2, 0.25) is 0 Å². The van der Waals surface area contributed by atoms with Crippen LogP contribution in [0, 0.1) is 11.6 Å². The quantitative estimate of drug-likeness (QED) is 0.883. The fraction of sp³-hybridized carbons (Fsp3) is 0. The molecular formula is C15H9Cl2F2NO. The Labute approximate surface area is 130 Å². The summed E-state index contributed by atoms with van der Waals surface area (Å²) in [4.78, 5) is 12.1. The first kappa shape index (κ1) is 15.5. The molecule has 0 spiro atoms. The third-order valence-corrected chi connectivity index (χ3v) is 3.04. The largest absolute Gasteiger partial charge is 0.319 e. The molecule has 0 aliphatic heterocycles. The maximum atomic E-state index is 12.9. The summed E-state index contributed by atoms with van der Waals surface area (Å²) in [5.74, 6) is -1.38. The van der Waals surface area contributed by atoms with Gasteiger partial charge >= 0.3 is 0 Å². The molecule has 0 aliphatic rings. The highest BCUT2D eigenvalue weighted by Gasteiger charge is 2.12. The first-order valence-corrected chi connectivity index (χ1v) is 6.61. The molecule has 0 heterocycles. The van der Waals surface area contributed by atoms with Gasteiger partial charge in [0.1, 0.15) is 16.1 Å². The van der Waals surface area contributed by atoms with Crippen LogP contribution in [0.1, 0.15) is 15.9 Å². The van der Waals surface area contributed by atoms with Crippen LogP contribution < -0.4 is 5.32 Å². The second-order valence-corrected chi connectivity index (χ2v) is 5.05. The number of benzene rings is 2. The van der Waals surface area contributed by atoms with Crippen molar-refractivity contribution in [1.29, 1.82) is 0 Å². The van der Waals surface area contributed by atoms with Gasteiger partial charge < -0.3 is 5.32 Å². The number of nitrogens with one attached hydrogen (secondary N) is 1. The standard InChI is InChI=1S/C15H9Cl2F2NO/c16-14(17)13(9-1-5-11(18)6-2-9)20-15(21)10-3-7-12(19)8-4-10/h1-8H,(H,20,21). The predicted molar refractivity (Wildman–Crippen MR) is 78.9 cm³/mol. The molecule has 2 aromatic carbocycles. The van der Waals surface area contributed by atoms with Crippen LogP contribution in [0.4, 0.5) is 8.78 Å². The van der Waals surface area contributed by atoms with Crippen LogP contribution in [0.5, 0.6) is 0 Å². The molecule has 2 aromatic rings. The van der Waals surface area contributed by atoms with E-state index >= 15 is 0 Å². The van der Waals surface area contributed by atoms with Gasteiger partial charge in [0, 0.05) is 11.1 Å². The number of carbonyl (C=O) groups is 1. The van der Waals surface area contributed by atoms with Crippen molar-refractivity contribution in [2.45, 2.75) is 0 Å². The molecule has 0 atom stereocenters. The lowest BCUT2D eigenvalue weighted by molar-refractivity contribution is 0.0973. The third-order valence-electron chi connectivity index (χ3n) is 2.67. The van der Waals surface area contributed by atoms with Gasteiger partial charge in [-0.3, -0.25) is 4.79 Å². The van der Waals surface area contributed by atoms with Crippen molar-refractivity contribution in [3.8, 4) is 0 Å². The van der Waals surface area contributed by atoms with E-state index in [4.69, 9.17) is 23.2 Å². The van der Waals surface area contributed by atoms with Crippen LogP contribution in [-0.2, 0) is 0 Å². The second kappa shape index (κ2) is 6.70. The molecule has 0 bridgehead atoms. The summed E-state index contributed by atoms with van der Waals surface area (Å²) in [7, 11) is 0. The number of rotatable bonds is 3. The molecule has 2 rings (SSSR count). The van der Waals surface area contributed by atoms with Gasteiger partial charge in [-0.25, -0.2) is 8.78 Å². The summed E-state index contributed by atoms with van der Waals surface area (Å²) in [6, 6.07) is 10.3. The minimum Gasteiger partial charge on any atom is -0.319 e. The molecule has 21 heavy (non-hydrogen) atoms. The smallest absolute Gasteiger partial charge is 0.255 e. The molecule has 0 saturated carbocycles. The number of carbonyl (C=O) groups excluding carboxylic acids is 1. The predicted octanol–water partition coefficient (Wildman–Crippen LogP) is 4.50. The zero-order valence-electron chi connectivity index (χ0n) is 10.5. The van der Waals surface area contributed by atoms with Gasteiger partial charge in [0.25, 0.3) is 5.91 Å². The summed E-state index contributed by atoms with van der Waals surface area (Å²) < 4.78 is 25.6. The lowest BCUT2D eigenvalue weighted by Gasteiger charge is -2.10. The van der Waals surface area contributed by atoms with Gasteiger partial charge in [-0.05, 0) is 48.5 Å². The Kier molecular flexibility index (Phi) is 4.94. The number of hydrogen-bond donors (Lipinski definition) is 1. The Hall–Kier alpha value is -1.91. The van der Waals surface area contributed by atoms with E-state index in [-0.39, 0.29) is 15.8 Å². The zero-order valence-corrected chi connectivity index (χ0v) is 12.1. The molecule has 6 heteroatoms. The Morgan fingerprint density at radius 1 is 0.810 bits per heavy atom. The van der Waals surface area contributed by atoms with Crippen molar-refractivity contribution in [2.75, 3.05) is 0 Å². The minimum atomic E-state index is -0.506. The van der Waals surface area contributed by atoms with Crippen molar-refractivity contribution in [2.24, 2.45) is 0 Å². The van der Waals surface area contributed by atoms with E-state index in [1.165, 1.54) is 48.5 Å². The van der Waals surface area contributed by atoms with Gasteiger partial charge in [-0.2, -0.15) is 0 Å². The summed E-state index contributed by atoms with van der Waals surface area (Å²) in [5.41, 5.74) is 0.838.